The first-order chi connectivity index (χ1) is 11.0. The molecule has 11 heteroatoms. The van der Waals surface area contributed by atoms with Crippen molar-refractivity contribution in [1.82, 2.24) is 5.06 Å². The van der Waals surface area contributed by atoms with Crippen molar-refractivity contribution >= 4 is 32.7 Å². The van der Waals surface area contributed by atoms with Gasteiger partial charge in [-0.2, -0.15) is 21.6 Å². The molecule has 0 radical (unpaired) electrons. The number of carbonyl (C=O) groups excluding carboxylic acids is 2. The van der Waals surface area contributed by atoms with Crippen LogP contribution in [0.2, 0.25) is 0 Å². The minimum atomic E-state index is -5.93. The fraction of sp³-hybridized carbons (Fsp3) is 0.0769. The molecule has 0 atom stereocenters. The van der Waals surface area contributed by atoms with Gasteiger partial charge in [0.15, 0.2) is 0 Å². The number of carbonyl (C=O) groups is 2. The van der Waals surface area contributed by atoms with Crippen molar-refractivity contribution < 1.29 is 40.6 Å². The summed E-state index contributed by atoms with van der Waals surface area (Å²) in [7, 11) is -5.93. The van der Waals surface area contributed by atoms with E-state index in [4.69, 9.17) is 0 Å². The zero-order chi connectivity index (χ0) is 17.9. The molecule has 3 rings (SSSR count). The second-order valence-corrected chi connectivity index (χ2v) is 6.32. The summed E-state index contributed by atoms with van der Waals surface area (Å²) in [6.07, 6.45) is 0. The number of imide groups is 1. The summed E-state index contributed by atoms with van der Waals surface area (Å²) in [5, 5.41) is 9.47. The Kier molecular flexibility index (Phi) is 3.32. The molecule has 2 aromatic carbocycles. The van der Waals surface area contributed by atoms with Crippen LogP contribution in [0.5, 0.6) is 5.75 Å². The minimum Gasteiger partial charge on any atom is -0.376 e. The van der Waals surface area contributed by atoms with Crippen LogP contribution in [0.4, 0.5) is 13.2 Å². The fourth-order valence-electron chi connectivity index (χ4n) is 2.29. The summed E-state index contributed by atoms with van der Waals surface area (Å²) in [5.41, 5.74) is -6.07. The van der Waals surface area contributed by atoms with Gasteiger partial charge in [-0.3, -0.25) is 14.8 Å². The van der Waals surface area contributed by atoms with Gasteiger partial charge in [0.2, 0.25) is 0 Å². The molecule has 0 fully saturated rings. The van der Waals surface area contributed by atoms with Gasteiger partial charge < -0.3 is 4.18 Å². The van der Waals surface area contributed by atoms with Crippen LogP contribution < -0.4 is 4.18 Å². The van der Waals surface area contributed by atoms with Gasteiger partial charge in [0.05, 0.1) is 11.1 Å². The third-order valence-electron chi connectivity index (χ3n) is 3.29. The predicted octanol–water partition coefficient (Wildman–Crippen LogP) is 2.05. The first kappa shape index (κ1) is 16.2. The van der Waals surface area contributed by atoms with E-state index in [2.05, 4.69) is 4.18 Å². The lowest BCUT2D eigenvalue weighted by atomic mass is 9.95. The van der Waals surface area contributed by atoms with Crippen molar-refractivity contribution in [3.05, 3.63) is 41.5 Å². The molecule has 1 N–H and O–H groups in total. The third-order valence-corrected chi connectivity index (χ3v) is 4.26. The molecule has 0 saturated carbocycles. The van der Waals surface area contributed by atoms with Crippen LogP contribution >= 0.6 is 0 Å². The molecule has 1 aliphatic heterocycles. The van der Waals surface area contributed by atoms with Gasteiger partial charge in [-0.05, 0) is 23.6 Å². The highest BCUT2D eigenvalue weighted by atomic mass is 32.2. The highest BCUT2D eigenvalue weighted by Crippen LogP contribution is 2.35. The van der Waals surface area contributed by atoms with Crippen LogP contribution in [-0.2, 0) is 10.1 Å². The molecule has 0 saturated heterocycles. The first-order valence-electron chi connectivity index (χ1n) is 6.18. The molecule has 24 heavy (non-hydrogen) atoms. The Labute approximate surface area is 131 Å². The summed E-state index contributed by atoms with van der Waals surface area (Å²) >= 11 is 0. The molecule has 7 nitrogen and oxygen atoms in total. The van der Waals surface area contributed by atoms with Gasteiger partial charge in [-0.15, -0.1) is 5.06 Å². The Bertz CT molecular complexity index is 999. The summed E-state index contributed by atoms with van der Waals surface area (Å²) in [4.78, 5) is 23.8. The van der Waals surface area contributed by atoms with Crippen LogP contribution in [-0.4, -0.2) is 36.0 Å². The maximum absolute atomic E-state index is 12.4. The highest BCUT2D eigenvalue weighted by molar-refractivity contribution is 7.88. The van der Waals surface area contributed by atoms with E-state index in [1.807, 2.05) is 0 Å². The van der Waals surface area contributed by atoms with Crippen molar-refractivity contribution in [3.8, 4) is 5.75 Å². The normalized spacial score (nSPS) is 15.1. The topological polar surface area (TPSA) is 101 Å². The lowest BCUT2D eigenvalue weighted by Crippen LogP contribution is -2.37. The van der Waals surface area contributed by atoms with Crippen LogP contribution in [0.25, 0.3) is 10.8 Å². The van der Waals surface area contributed by atoms with E-state index in [-0.39, 0.29) is 27.0 Å². The van der Waals surface area contributed by atoms with Crippen LogP contribution in [0.15, 0.2) is 30.3 Å². The first-order valence-corrected chi connectivity index (χ1v) is 7.59. The number of hydrogen-bond acceptors (Lipinski definition) is 6. The smallest absolute Gasteiger partial charge is 0.376 e. The number of nitrogens with zero attached hydrogens (tertiary/aromatic N) is 1. The molecular weight excluding hydrogens is 355 g/mol. The summed E-state index contributed by atoms with van der Waals surface area (Å²) in [6, 6.07) is 5.66. The van der Waals surface area contributed by atoms with E-state index in [9.17, 15) is 36.4 Å². The van der Waals surface area contributed by atoms with Crippen molar-refractivity contribution in [2.24, 2.45) is 0 Å². The number of benzene rings is 2. The number of hydroxylamine groups is 2. The van der Waals surface area contributed by atoms with E-state index < -0.39 is 33.2 Å². The van der Waals surface area contributed by atoms with E-state index in [0.717, 1.165) is 6.07 Å². The summed E-state index contributed by atoms with van der Waals surface area (Å²) in [6.45, 7) is 0. The van der Waals surface area contributed by atoms with Gasteiger partial charge >= 0.3 is 15.6 Å². The quantitative estimate of drug-likeness (QED) is 0.380. The number of hydrogen-bond donors (Lipinski definition) is 1. The average molecular weight is 361 g/mol. The van der Waals surface area contributed by atoms with Crippen molar-refractivity contribution in [3.63, 3.8) is 0 Å². The number of alkyl halides is 3. The fourth-order valence-corrected chi connectivity index (χ4v) is 2.73. The molecule has 2 amide bonds. The Morgan fingerprint density at radius 1 is 1.04 bits per heavy atom. The molecule has 1 heterocycles. The summed E-state index contributed by atoms with van der Waals surface area (Å²) in [5.74, 6) is -2.99. The number of amides is 2. The maximum Gasteiger partial charge on any atom is 0.534 e. The van der Waals surface area contributed by atoms with Crippen molar-refractivity contribution in [2.45, 2.75) is 5.51 Å². The van der Waals surface area contributed by atoms with Crippen molar-refractivity contribution in [2.75, 3.05) is 0 Å². The van der Waals surface area contributed by atoms with E-state index >= 15 is 0 Å². The van der Waals surface area contributed by atoms with E-state index in [0.29, 0.717) is 6.07 Å². The molecular formula is C13H6F3NO6S. The molecule has 2 aromatic rings. The van der Waals surface area contributed by atoms with Crippen LogP contribution in [0, 0.1) is 0 Å². The summed E-state index contributed by atoms with van der Waals surface area (Å²) < 4.78 is 63.4. The highest BCUT2D eigenvalue weighted by Gasteiger charge is 2.48. The van der Waals surface area contributed by atoms with E-state index in [1.165, 1.54) is 18.2 Å². The Balaban J connectivity index is 2.23. The molecule has 1 aliphatic rings. The largest absolute Gasteiger partial charge is 0.534 e. The van der Waals surface area contributed by atoms with Gasteiger partial charge in [0.1, 0.15) is 5.75 Å². The average Bonchev–Trinajstić information content (AvgIpc) is 2.48. The Morgan fingerprint density at radius 3 is 2.29 bits per heavy atom. The minimum absolute atomic E-state index is 0.0603. The standard InChI is InChI=1S/C13H6F3NO6S/c14-13(15,16)24(21,22)23-7-4-6-2-1-3-8-10(6)9(5-7)12(19)17(20)11(8)18/h1-5,20H. The molecule has 0 aliphatic carbocycles. The number of halogens is 3. The Morgan fingerprint density at radius 2 is 1.67 bits per heavy atom. The lowest BCUT2D eigenvalue weighted by molar-refractivity contribution is -0.0500. The molecule has 0 spiro atoms. The predicted molar refractivity (Wildman–Crippen MR) is 71.8 cm³/mol. The molecule has 0 aromatic heterocycles. The van der Waals surface area contributed by atoms with Crippen LogP contribution in [0.1, 0.15) is 20.7 Å². The second-order valence-electron chi connectivity index (χ2n) is 4.78. The van der Waals surface area contributed by atoms with Crippen molar-refractivity contribution in [1.29, 1.82) is 0 Å². The molecule has 0 bridgehead atoms. The second kappa shape index (κ2) is 4.92. The molecule has 126 valence electrons. The van der Waals surface area contributed by atoms with Crippen LogP contribution in [0.3, 0.4) is 0 Å². The third kappa shape index (κ3) is 2.29. The zero-order valence-electron chi connectivity index (χ0n) is 11.4. The maximum atomic E-state index is 12.4. The van der Waals surface area contributed by atoms with Gasteiger partial charge in [0, 0.05) is 5.39 Å². The lowest BCUT2D eigenvalue weighted by Gasteiger charge is -2.22. The SMILES string of the molecule is O=C1c2cccc3cc(OS(=O)(=O)C(F)(F)F)cc(c23)C(=O)N1O. The van der Waals surface area contributed by atoms with Gasteiger partial charge in [0.25, 0.3) is 11.8 Å². The number of rotatable bonds is 2. The molecule has 0 unspecified atom stereocenters. The monoisotopic (exact) mass is 361 g/mol. The Hall–Kier alpha value is -2.66. The zero-order valence-corrected chi connectivity index (χ0v) is 12.2. The van der Waals surface area contributed by atoms with Gasteiger partial charge in [-0.25, -0.2) is 0 Å². The van der Waals surface area contributed by atoms with E-state index in [1.54, 1.807) is 0 Å². The van der Waals surface area contributed by atoms with Gasteiger partial charge in [-0.1, -0.05) is 12.1 Å².